The molecule has 0 bridgehead atoms. The number of hydrogen-bond acceptors (Lipinski definition) is 4. The summed E-state index contributed by atoms with van der Waals surface area (Å²) < 4.78 is 28.9. The second-order valence-electron chi connectivity index (χ2n) is 6.38. The van der Waals surface area contributed by atoms with Crippen molar-refractivity contribution in [3.63, 3.8) is 0 Å². The van der Waals surface area contributed by atoms with E-state index < -0.39 is 15.9 Å². The topological polar surface area (TPSA) is 78.8 Å². The predicted molar refractivity (Wildman–Crippen MR) is 113 cm³/mol. The molecule has 148 valence electrons. The molecule has 0 fully saturated rings. The smallest absolute Gasteiger partial charge is 0.286 e. The minimum atomic E-state index is -3.86. The Hall–Kier alpha value is -2.09. The number of fused-ring (bicyclic) bond motifs is 1. The van der Waals surface area contributed by atoms with Gasteiger partial charge in [-0.15, -0.1) is 4.40 Å². The fourth-order valence-corrected chi connectivity index (χ4v) is 4.47. The molecule has 6 nitrogen and oxygen atoms in total. The number of anilines is 2. The van der Waals surface area contributed by atoms with Crippen LogP contribution in [0.4, 0.5) is 11.4 Å². The Balaban J connectivity index is 1.94. The quantitative estimate of drug-likeness (QED) is 0.712. The first kappa shape index (κ1) is 20.6. The lowest BCUT2D eigenvalue weighted by atomic mass is 10.1. The first-order chi connectivity index (χ1) is 13.2. The van der Waals surface area contributed by atoms with Gasteiger partial charge in [0, 0.05) is 17.8 Å². The van der Waals surface area contributed by atoms with Crippen molar-refractivity contribution in [3.05, 3.63) is 52.0 Å². The van der Waals surface area contributed by atoms with Crippen LogP contribution >= 0.6 is 23.2 Å². The summed E-state index contributed by atoms with van der Waals surface area (Å²) in [5.74, 6) is -0.0308. The Morgan fingerprint density at radius 3 is 2.57 bits per heavy atom. The second kappa shape index (κ2) is 8.11. The number of unbranched alkanes of at least 4 members (excludes halogenated alkanes) is 1. The molecule has 0 saturated heterocycles. The van der Waals surface area contributed by atoms with Crippen molar-refractivity contribution < 1.29 is 13.2 Å². The minimum Gasteiger partial charge on any atom is -0.328 e. The third-order valence-corrected chi connectivity index (χ3v) is 6.47. The Labute approximate surface area is 174 Å². The molecule has 0 radical (unpaired) electrons. The maximum atomic E-state index is 12.6. The van der Waals surface area contributed by atoms with Crippen molar-refractivity contribution in [1.29, 1.82) is 0 Å². The van der Waals surface area contributed by atoms with E-state index in [-0.39, 0.29) is 10.5 Å². The molecule has 0 atom stereocenters. The number of rotatable bonds is 5. The van der Waals surface area contributed by atoms with Crippen molar-refractivity contribution in [2.24, 2.45) is 4.40 Å². The Morgan fingerprint density at radius 1 is 1.14 bits per heavy atom. The van der Waals surface area contributed by atoms with Gasteiger partial charge in [0.25, 0.3) is 15.9 Å². The first-order valence-electron chi connectivity index (χ1n) is 8.72. The molecule has 0 spiro atoms. The van der Waals surface area contributed by atoms with E-state index in [9.17, 15) is 13.2 Å². The predicted octanol–water partition coefficient (Wildman–Crippen LogP) is 4.97. The standard InChI is InChI=1S/C19H19Cl2N3O3S/c1-3-4-9-24-12(2)23-28(26,27)18-10-13(5-8-17(18)24)19(25)22-14-6-7-15(20)16(21)11-14/h5-8,10-11H,3-4,9H2,1-2H3,(H,22,25). The third-order valence-electron chi connectivity index (χ3n) is 4.35. The fourth-order valence-electron chi connectivity index (χ4n) is 2.91. The molecule has 1 aliphatic rings. The molecule has 0 aromatic heterocycles. The van der Waals surface area contributed by atoms with Gasteiger partial charge in [0.05, 0.1) is 15.7 Å². The van der Waals surface area contributed by atoms with Crippen LogP contribution in [0.1, 0.15) is 37.0 Å². The summed E-state index contributed by atoms with van der Waals surface area (Å²) in [5.41, 5.74) is 1.20. The first-order valence-corrected chi connectivity index (χ1v) is 10.9. The van der Waals surface area contributed by atoms with Crippen LogP contribution in [0, 0.1) is 0 Å². The van der Waals surface area contributed by atoms with Crippen molar-refractivity contribution in [2.45, 2.75) is 31.6 Å². The summed E-state index contributed by atoms with van der Waals surface area (Å²) in [7, 11) is -3.86. The number of nitrogens with one attached hydrogen (secondary N) is 1. The highest BCUT2D eigenvalue weighted by Crippen LogP contribution is 2.33. The monoisotopic (exact) mass is 439 g/mol. The molecule has 0 aliphatic carbocycles. The molecule has 0 unspecified atom stereocenters. The summed E-state index contributed by atoms with van der Waals surface area (Å²) in [4.78, 5) is 14.5. The maximum Gasteiger partial charge on any atom is 0.286 e. The van der Waals surface area contributed by atoms with E-state index in [0.717, 1.165) is 12.8 Å². The largest absolute Gasteiger partial charge is 0.328 e. The number of hydrogen-bond donors (Lipinski definition) is 1. The lowest BCUT2D eigenvalue weighted by Crippen LogP contribution is -2.34. The summed E-state index contributed by atoms with van der Waals surface area (Å²) in [6.45, 7) is 4.38. The molecule has 0 saturated carbocycles. The number of carbonyl (C=O) groups excluding carboxylic acids is 1. The summed E-state index contributed by atoms with van der Waals surface area (Å²) >= 11 is 11.8. The van der Waals surface area contributed by atoms with Gasteiger partial charge in [0.1, 0.15) is 10.7 Å². The zero-order valence-electron chi connectivity index (χ0n) is 15.4. The number of halogens is 2. The van der Waals surface area contributed by atoms with Gasteiger partial charge in [-0.25, -0.2) is 0 Å². The molecule has 1 N–H and O–H groups in total. The molecule has 3 rings (SSSR count). The average molecular weight is 440 g/mol. The third kappa shape index (κ3) is 4.16. The Bertz CT molecular complexity index is 1070. The normalized spacial score (nSPS) is 15.0. The molecular weight excluding hydrogens is 421 g/mol. The lowest BCUT2D eigenvalue weighted by molar-refractivity contribution is 0.102. The van der Waals surface area contributed by atoms with Crippen LogP contribution < -0.4 is 10.2 Å². The van der Waals surface area contributed by atoms with Gasteiger partial charge < -0.3 is 10.2 Å². The van der Waals surface area contributed by atoms with Crippen LogP contribution in [0.15, 0.2) is 45.7 Å². The highest BCUT2D eigenvalue weighted by Gasteiger charge is 2.29. The van der Waals surface area contributed by atoms with Crippen LogP contribution in [0.25, 0.3) is 0 Å². The maximum absolute atomic E-state index is 12.6. The van der Waals surface area contributed by atoms with Crippen LogP contribution in [0.2, 0.25) is 10.0 Å². The number of sulfonamides is 1. The number of benzene rings is 2. The molecule has 2 aromatic rings. The minimum absolute atomic E-state index is 0.0241. The van der Waals surface area contributed by atoms with Crippen LogP contribution in [0.5, 0.6) is 0 Å². The Kier molecular flexibility index (Phi) is 5.98. The molecule has 1 amide bonds. The van der Waals surface area contributed by atoms with E-state index in [1.165, 1.54) is 12.1 Å². The number of amidine groups is 1. The van der Waals surface area contributed by atoms with Crippen molar-refractivity contribution >= 4 is 56.3 Å². The van der Waals surface area contributed by atoms with Crippen LogP contribution in [-0.2, 0) is 10.0 Å². The summed E-state index contributed by atoms with van der Waals surface area (Å²) in [6, 6.07) is 9.30. The number of nitrogens with zero attached hydrogens (tertiary/aromatic N) is 2. The van der Waals surface area contributed by atoms with Gasteiger partial charge in [-0.2, -0.15) is 8.42 Å². The fraction of sp³-hybridized carbons (Fsp3) is 0.263. The van der Waals surface area contributed by atoms with E-state index in [1.54, 1.807) is 31.2 Å². The summed E-state index contributed by atoms with van der Waals surface area (Å²) in [5, 5.41) is 3.37. The van der Waals surface area contributed by atoms with E-state index in [1.807, 2.05) is 4.90 Å². The van der Waals surface area contributed by atoms with E-state index in [4.69, 9.17) is 23.2 Å². The Morgan fingerprint density at radius 2 is 1.89 bits per heavy atom. The van der Waals surface area contributed by atoms with Crippen molar-refractivity contribution in [3.8, 4) is 0 Å². The van der Waals surface area contributed by atoms with Gasteiger partial charge >= 0.3 is 0 Å². The zero-order valence-corrected chi connectivity index (χ0v) is 17.7. The second-order valence-corrected chi connectivity index (χ2v) is 8.77. The van der Waals surface area contributed by atoms with Gasteiger partial charge in [0.15, 0.2) is 0 Å². The van der Waals surface area contributed by atoms with Gasteiger partial charge in [-0.1, -0.05) is 36.5 Å². The van der Waals surface area contributed by atoms with Crippen LogP contribution in [-0.4, -0.2) is 26.7 Å². The molecule has 9 heteroatoms. The highest BCUT2D eigenvalue weighted by molar-refractivity contribution is 7.90. The summed E-state index contributed by atoms with van der Waals surface area (Å²) in [6.07, 6.45) is 1.86. The number of carbonyl (C=O) groups is 1. The van der Waals surface area contributed by atoms with Crippen molar-refractivity contribution in [2.75, 3.05) is 16.8 Å². The van der Waals surface area contributed by atoms with Gasteiger partial charge in [0.2, 0.25) is 0 Å². The average Bonchev–Trinajstić information content (AvgIpc) is 2.64. The molecular formula is C19H19Cl2N3O3S. The molecule has 28 heavy (non-hydrogen) atoms. The van der Waals surface area contributed by atoms with Crippen LogP contribution in [0.3, 0.4) is 0 Å². The van der Waals surface area contributed by atoms with E-state index in [2.05, 4.69) is 16.6 Å². The van der Waals surface area contributed by atoms with E-state index >= 15 is 0 Å². The lowest BCUT2D eigenvalue weighted by Gasteiger charge is -2.29. The van der Waals surface area contributed by atoms with Gasteiger partial charge in [-0.05, 0) is 49.7 Å². The number of amides is 1. The SMILES string of the molecule is CCCCN1C(C)=NS(=O)(=O)c2cc(C(=O)Nc3ccc(Cl)c(Cl)c3)ccc21. The van der Waals surface area contributed by atoms with Crippen molar-refractivity contribution in [1.82, 2.24) is 0 Å². The van der Waals surface area contributed by atoms with E-state index in [0.29, 0.717) is 33.8 Å². The zero-order chi connectivity index (χ0) is 20.5. The highest BCUT2D eigenvalue weighted by atomic mass is 35.5. The van der Waals surface area contributed by atoms with Gasteiger partial charge in [-0.3, -0.25) is 4.79 Å². The molecule has 2 aromatic carbocycles. The molecule has 1 aliphatic heterocycles. The molecule has 1 heterocycles.